The summed E-state index contributed by atoms with van der Waals surface area (Å²) in [6.45, 7) is 8.83. The minimum atomic E-state index is -0.126. The highest BCUT2D eigenvalue weighted by atomic mass is 79.9. The molecule has 7 heteroatoms. The van der Waals surface area contributed by atoms with Gasteiger partial charge >= 0.3 is 6.03 Å². The number of aromatic nitrogens is 2. The van der Waals surface area contributed by atoms with Crippen molar-refractivity contribution >= 4 is 22.0 Å². The number of hydrogen-bond acceptors (Lipinski definition) is 4. The van der Waals surface area contributed by atoms with Gasteiger partial charge in [0.15, 0.2) is 0 Å². The molecule has 2 amide bonds. The van der Waals surface area contributed by atoms with Gasteiger partial charge in [-0.15, -0.1) is 6.58 Å². The molecule has 0 radical (unpaired) electrons. The normalized spacial score (nSPS) is 25.0. The highest BCUT2D eigenvalue weighted by molar-refractivity contribution is 9.10. The molecule has 4 heterocycles. The Hall–Kier alpha value is -2.25. The van der Waals surface area contributed by atoms with E-state index >= 15 is 0 Å². The number of carbonyl (C=O) groups is 1. The maximum absolute atomic E-state index is 11.9. The van der Waals surface area contributed by atoms with E-state index < -0.39 is 0 Å². The monoisotopic (exact) mass is 469 g/mol. The molecule has 3 aliphatic heterocycles. The summed E-state index contributed by atoms with van der Waals surface area (Å²) in [7, 11) is 0. The molecule has 1 aromatic carbocycles. The zero-order valence-corrected chi connectivity index (χ0v) is 18.9. The van der Waals surface area contributed by atoms with Crippen LogP contribution in [0.4, 0.5) is 4.79 Å². The van der Waals surface area contributed by atoms with Crippen molar-refractivity contribution in [1.29, 1.82) is 0 Å². The van der Waals surface area contributed by atoms with Gasteiger partial charge in [0.25, 0.3) is 0 Å². The first-order valence-electron chi connectivity index (χ1n) is 10.5. The van der Waals surface area contributed by atoms with Gasteiger partial charge in [0, 0.05) is 47.3 Å². The molecule has 0 saturated carbocycles. The Morgan fingerprint density at radius 3 is 2.90 bits per heavy atom. The van der Waals surface area contributed by atoms with Crippen LogP contribution in [0.2, 0.25) is 0 Å². The molecule has 5 rings (SSSR count). The van der Waals surface area contributed by atoms with Crippen molar-refractivity contribution in [3.8, 4) is 11.3 Å². The lowest BCUT2D eigenvalue weighted by Crippen LogP contribution is -2.56. The second-order valence-corrected chi connectivity index (χ2v) is 8.98. The van der Waals surface area contributed by atoms with E-state index in [-0.39, 0.29) is 6.03 Å². The fourth-order valence-corrected chi connectivity index (χ4v) is 5.20. The van der Waals surface area contributed by atoms with Crippen molar-refractivity contribution in [3.05, 3.63) is 59.0 Å². The molecule has 4 atom stereocenters. The van der Waals surface area contributed by atoms with Crippen molar-refractivity contribution in [2.75, 3.05) is 26.2 Å². The number of fused-ring (bicyclic) bond motifs is 3. The summed E-state index contributed by atoms with van der Waals surface area (Å²) in [5, 5.41) is 5.78. The van der Waals surface area contributed by atoms with E-state index in [1.807, 2.05) is 25.1 Å². The molecule has 3 fully saturated rings. The van der Waals surface area contributed by atoms with Crippen LogP contribution in [0.1, 0.15) is 30.3 Å². The highest BCUT2D eigenvalue weighted by Crippen LogP contribution is 2.42. The van der Waals surface area contributed by atoms with Crippen molar-refractivity contribution in [3.63, 3.8) is 0 Å². The average Bonchev–Trinajstić information content (AvgIpc) is 2.76. The number of hydrogen-bond donors (Lipinski definition) is 2. The van der Waals surface area contributed by atoms with E-state index in [1.165, 1.54) is 6.42 Å². The van der Waals surface area contributed by atoms with E-state index in [9.17, 15) is 4.79 Å². The van der Waals surface area contributed by atoms with Crippen molar-refractivity contribution < 1.29 is 4.79 Å². The van der Waals surface area contributed by atoms with Crippen LogP contribution in [0.5, 0.6) is 0 Å². The lowest BCUT2D eigenvalue weighted by Gasteiger charge is -2.49. The lowest BCUT2D eigenvalue weighted by atomic mass is 9.74. The number of aryl methyl sites for hydroxylation is 1. The molecule has 30 heavy (non-hydrogen) atoms. The summed E-state index contributed by atoms with van der Waals surface area (Å²) in [6, 6.07) is 10.6. The van der Waals surface area contributed by atoms with Gasteiger partial charge in [-0.25, -0.2) is 14.8 Å². The second-order valence-electron chi connectivity index (χ2n) is 8.12. The Morgan fingerprint density at radius 1 is 1.33 bits per heavy atom. The highest BCUT2D eigenvalue weighted by Gasteiger charge is 2.41. The molecular weight excluding hydrogens is 442 g/mol. The number of amides is 2. The molecule has 158 valence electrons. The van der Waals surface area contributed by atoms with Gasteiger partial charge in [-0.05, 0) is 44.4 Å². The first-order chi connectivity index (χ1) is 14.5. The third-order valence-corrected chi connectivity index (χ3v) is 6.86. The summed E-state index contributed by atoms with van der Waals surface area (Å²) in [5.74, 6) is 1.80. The van der Waals surface area contributed by atoms with Gasteiger partial charge in [0.2, 0.25) is 0 Å². The zero-order valence-electron chi connectivity index (χ0n) is 17.3. The van der Waals surface area contributed by atoms with Crippen molar-refractivity contribution in [2.45, 2.75) is 31.7 Å². The Balaban J connectivity index is 1.47. The molecule has 6 nitrogen and oxygen atoms in total. The molecule has 0 spiro atoms. The quantitative estimate of drug-likeness (QED) is 0.629. The standard InChI is InChI=1S/C23H28BrN5O/c1-3-9-25-23(30)26-13-17-11-16-8-10-29(17)14-19(16)22-12-21(27-15(2)28-22)18-6-4-5-7-20(18)24/h3-7,12,16-17,19H,1,8-11,13-14H2,2H3,(H2,25,26,30)/t16-,17+,19+/m0/s1. The molecule has 0 aliphatic carbocycles. The third kappa shape index (κ3) is 4.57. The van der Waals surface area contributed by atoms with Crippen LogP contribution in [0.15, 0.2) is 47.5 Å². The van der Waals surface area contributed by atoms with Crippen LogP contribution in [0, 0.1) is 12.8 Å². The van der Waals surface area contributed by atoms with Crippen molar-refractivity contribution in [2.24, 2.45) is 5.92 Å². The van der Waals surface area contributed by atoms with E-state index in [0.29, 0.717) is 31.0 Å². The van der Waals surface area contributed by atoms with Gasteiger partial charge in [0.05, 0.1) is 5.69 Å². The van der Waals surface area contributed by atoms with E-state index in [4.69, 9.17) is 9.97 Å². The average molecular weight is 470 g/mol. The number of benzene rings is 1. The molecule has 3 aliphatic rings. The predicted octanol–water partition coefficient (Wildman–Crippen LogP) is 3.88. The molecule has 1 unspecified atom stereocenters. The maximum atomic E-state index is 11.9. The van der Waals surface area contributed by atoms with Gasteiger partial charge in [-0.1, -0.05) is 40.2 Å². The first-order valence-corrected chi connectivity index (χ1v) is 11.3. The van der Waals surface area contributed by atoms with Gasteiger partial charge < -0.3 is 10.6 Å². The second kappa shape index (κ2) is 9.27. The Kier molecular flexibility index (Phi) is 6.49. The molecule has 2 bridgehead atoms. The van der Waals surface area contributed by atoms with Crippen LogP contribution < -0.4 is 10.6 Å². The number of piperidine rings is 3. The van der Waals surface area contributed by atoms with Gasteiger partial charge in [0.1, 0.15) is 5.82 Å². The third-order valence-electron chi connectivity index (χ3n) is 6.17. The van der Waals surface area contributed by atoms with Crippen LogP contribution in [-0.4, -0.2) is 53.1 Å². The summed E-state index contributed by atoms with van der Waals surface area (Å²) in [5.41, 5.74) is 3.20. The van der Waals surface area contributed by atoms with E-state index in [0.717, 1.165) is 46.8 Å². The molecule has 3 saturated heterocycles. The van der Waals surface area contributed by atoms with E-state index in [1.54, 1.807) is 6.08 Å². The van der Waals surface area contributed by atoms with Crippen LogP contribution in [0.25, 0.3) is 11.3 Å². The Morgan fingerprint density at radius 2 is 2.17 bits per heavy atom. The smallest absolute Gasteiger partial charge is 0.315 e. The fourth-order valence-electron chi connectivity index (χ4n) is 4.71. The molecule has 2 aromatic rings. The number of halogens is 1. The summed E-state index contributed by atoms with van der Waals surface area (Å²) < 4.78 is 1.05. The SMILES string of the molecule is C=CCNC(=O)NC[C@H]1C[C@@H]2CCN1C[C@H]2c1cc(-c2ccccc2Br)nc(C)n1. The number of urea groups is 1. The summed E-state index contributed by atoms with van der Waals surface area (Å²) in [4.78, 5) is 23.9. The van der Waals surface area contributed by atoms with Crippen LogP contribution in [0.3, 0.4) is 0 Å². The van der Waals surface area contributed by atoms with Crippen LogP contribution >= 0.6 is 15.9 Å². The zero-order chi connectivity index (χ0) is 21.1. The number of nitrogens with one attached hydrogen (secondary N) is 2. The minimum absolute atomic E-state index is 0.126. The first kappa shape index (κ1) is 21.0. The van der Waals surface area contributed by atoms with Crippen LogP contribution in [-0.2, 0) is 0 Å². The fraction of sp³-hybridized carbons (Fsp3) is 0.435. The van der Waals surface area contributed by atoms with Crippen molar-refractivity contribution in [1.82, 2.24) is 25.5 Å². The maximum Gasteiger partial charge on any atom is 0.315 e. The summed E-state index contributed by atoms with van der Waals surface area (Å²) in [6.07, 6.45) is 3.94. The van der Waals surface area contributed by atoms with Gasteiger partial charge in [-0.2, -0.15) is 0 Å². The number of nitrogens with zero attached hydrogens (tertiary/aromatic N) is 3. The van der Waals surface area contributed by atoms with Gasteiger partial charge in [-0.3, -0.25) is 4.90 Å². The Labute approximate surface area is 186 Å². The molecule has 2 N–H and O–H groups in total. The predicted molar refractivity (Wildman–Crippen MR) is 122 cm³/mol. The minimum Gasteiger partial charge on any atom is -0.337 e. The summed E-state index contributed by atoms with van der Waals surface area (Å²) >= 11 is 3.65. The van der Waals surface area contributed by atoms with E-state index in [2.05, 4.69) is 50.2 Å². The topological polar surface area (TPSA) is 70.2 Å². The largest absolute Gasteiger partial charge is 0.337 e. The molecule has 1 aromatic heterocycles. The Bertz CT molecular complexity index is 934. The molecular formula is C23H28BrN5O. The number of carbonyl (C=O) groups excluding carboxylic acids is 1. The number of rotatable bonds is 6. The lowest BCUT2D eigenvalue weighted by molar-refractivity contribution is 0.0305.